The van der Waals surface area contributed by atoms with Gasteiger partial charge in [0.15, 0.2) is 5.96 Å². The second kappa shape index (κ2) is 10.8. The second-order valence-electron chi connectivity index (χ2n) is 6.85. The van der Waals surface area contributed by atoms with Crippen LogP contribution < -0.4 is 10.6 Å². The van der Waals surface area contributed by atoms with Crippen molar-refractivity contribution in [2.45, 2.75) is 27.2 Å². The van der Waals surface area contributed by atoms with Crippen LogP contribution in [0.2, 0.25) is 0 Å². The van der Waals surface area contributed by atoms with Gasteiger partial charge < -0.3 is 25.5 Å². The average Bonchev–Trinajstić information content (AvgIpc) is 3.13. The first-order chi connectivity index (χ1) is 13.0. The number of phenols is 1. The van der Waals surface area contributed by atoms with Gasteiger partial charge in [-0.2, -0.15) is 0 Å². The summed E-state index contributed by atoms with van der Waals surface area (Å²) in [6.07, 6.45) is 1.15. The summed E-state index contributed by atoms with van der Waals surface area (Å²) in [6.45, 7) is 12.5. The molecule has 0 radical (unpaired) electrons. The van der Waals surface area contributed by atoms with Gasteiger partial charge in [-0.15, -0.1) is 0 Å². The predicted octanol–water partition coefficient (Wildman–Crippen LogP) is 1.96. The predicted molar refractivity (Wildman–Crippen MR) is 110 cm³/mol. The molecular weight excluding hydrogens is 342 g/mol. The summed E-state index contributed by atoms with van der Waals surface area (Å²) in [7, 11) is 0. The topological polar surface area (TPSA) is 80.2 Å². The van der Waals surface area contributed by atoms with Crippen LogP contribution >= 0.6 is 0 Å². The van der Waals surface area contributed by atoms with E-state index in [2.05, 4.69) is 39.3 Å². The number of guanidine groups is 1. The molecule has 0 aromatic heterocycles. The van der Waals surface area contributed by atoms with Gasteiger partial charge in [0.1, 0.15) is 12.3 Å². The molecule has 0 spiro atoms. The first-order valence-corrected chi connectivity index (χ1v) is 9.90. The first-order valence-electron chi connectivity index (χ1n) is 9.90. The Bertz CT molecular complexity index is 613. The van der Waals surface area contributed by atoms with Crippen molar-refractivity contribution in [3.8, 4) is 5.75 Å². The van der Waals surface area contributed by atoms with Crippen molar-refractivity contribution in [1.29, 1.82) is 0 Å². The van der Waals surface area contributed by atoms with Gasteiger partial charge in [-0.1, -0.05) is 13.8 Å². The van der Waals surface area contributed by atoms with Gasteiger partial charge in [0.25, 0.3) is 0 Å². The number of carbonyl (C=O) groups is 1. The van der Waals surface area contributed by atoms with E-state index in [0.717, 1.165) is 51.6 Å². The molecule has 27 heavy (non-hydrogen) atoms. The Hall–Kier alpha value is -2.28. The van der Waals surface area contributed by atoms with E-state index in [0.29, 0.717) is 11.6 Å². The van der Waals surface area contributed by atoms with E-state index in [9.17, 15) is 9.90 Å². The fourth-order valence-electron chi connectivity index (χ4n) is 3.34. The molecule has 2 rings (SSSR count). The quantitative estimate of drug-likeness (QED) is 0.368. The SMILES string of the molecule is CCNC(=NCC(=O)Nc1ccc(O)cc1)N1CCC(CN(CC)CC)C1. The summed E-state index contributed by atoms with van der Waals surface area (Å²) >= 11 is 0. The molecule has 1 aromatic carbocycles. The third-order valence-electron chi connectivity index (χ3n) is 4.85. The molecule has 1 aliphatic heterocycles. The second-order valence-corrected chi connectivity index (χ2v) is 6.85. The standard InChI is InChI=1S/C20H33N5O2/c1-4-21-20(25-12-11-16(15-25)14-24(5-2)6-3)22-13-19(27)23-17-7-9-18(26)10-8-17/h7-10,16,26H,4-6,11-15H2,1-3H3,(H,21,22)(H,23,27). The first kappa shape index (κ1) is 21.0. The fraction of sp³-hybridized carbons (Fsp3) is 0.600. The lowest BCUT2D eigenvalue weighted by molar-refractivity contribution is -0.114. The fourth-order valence-corrected chi connectivity index (χ4v) is 3.34. The zero-order valence-electron chi connectivity index (χ0n) is 16.7. The number of hydrogen-bond donors (Lipinski definition) is 3. The maximum absolute atomic E-state index is 12.2. The molecule has 1 atom stereocenters. The molecule has 1 heterocycles. The lowest BCUT2D eigenvalue weighted by atomic mass is 10.1. The van der Waals surface area contributed by atoms with E-state index in [1.807, 2.05) is 6.92 Å². The van der Waals surface area contributed by atoms with Gasteiger partial charge >= 0.3 is 0 Å². The van der Waals surface area contributed by atoms with Crippen LogP contribution in [0.25, 0.3) is 0 Å². The molecule has 1 aromatic rings. The van der Waals surface area contributed by atoms with Gasteiger partial charge in [0, 0.05) is 31.9 Å². The minimum atomic E-state index is -0.171. The van der Waals surface area contributed by atoms with Gasteiger partial charge in [-0.3, -0.25) is 4.79 Å². The lowest BCUT2D eigenvalue weighted by Crippen LogP contribution is -2.41. The third-order valence-corrected chi connectivity index (χ3v) is 4.85. The van der Waals surface area contributed by atoms with Crippen LogP contribution in [0.4, 0.5) is 5.69 Å². The van der Waals surface area contributed by atoms with Gasteiger partial charge in [-0.05, 0) is 56.6 Å². The van der Waals surface area contributed by atoms with Crippen LogP contribution in [0.5, 0.6) is 5.75 Å². The van der Waals surface area contributed by atoms with Crippen LogP contribution in [-0.2, 0) is 4.79 Å². The molecule has 3 N–H and O–H groups in total. The highest BCUT2D eigenvalue weighted by atomic mass is 16.3. The van der Waals surface area contributed by atoms with Gasteiger partial charge in [-0.25, -0.2) is 4.99 Å². The maximum atomic E-state index is 12.2. The number of aliphatic imine (C=N–C) groups is 1. The number of nitrogens with zero attached hydrogens (tertiary/aromatic N) is 3. The highest BCUT2D eigenvalue weighted by Gasteiger charge is 2.26. The van der Waals surface area contributed by atoms with Gasteiger partial charge in [0.05, 0.1) is 0 Å². The summed E-state index contributed by atoms with van der Waals surface area (Å²) in [5.74, 6) is 1.45. The number of carbonyl (C=O) groups excluding carboxylic acids is 1. The number of amides is 1. The molecule has 1 unspecified atom stereocenters. The number of benzene rings is 1. The highest BCUT2D eigenvalue weighted by Crippen LogP contribution is 2.18. The van der Waals surface area contributed by atoms with Crippen LogP contribution in [0, 0.1) is 5.92 Å². The van der Waals surface area contributed by atoms with E-state index in [1.54, 1.807) is 24.3 Å². The Kier molecular flexibility index (Phi) is 8.39. The van der Waals surface area contributed by atoms with E-state index in [4.69, 9.17) is 0 Å². The number of nitrogens with one attached hydrogen (secondary N) is 2. The number of rotatable bonds is 8. The van der Waals surface area contributed by atoms with Crippen molar-refractivity contribution in [3.05, 3.63) is 24.3 Å². The van der Waals surface area contributed by atoms with Crippen molar-refractivity contribution in [1.82, 2.24) is 15.1 Å². The average molecular weight is 376 g/mol. The molecule has 0 saturated carbocycles. The molecule has 0 bridgehead atoms. The number of likely N-dealkylation sites (tertiary alicyclic amines) is 1. The Labute approximate surface area is 162 Å². The van der Waals surface area contributed by atoms with Crippen molar-refractivity contribution in [2.24, 2.45) is 10.9 Å². The number of aromatic hydroxyl groups is 1. The Morgan fingerprint density at radius 1 is 1.26 bits per heavy atom. The molecular formula is C20H33N5O2. The largest absolute Gasteiger partial charge is 0.508 e. The third kappa shape index (κ3) is 6.75. The van der Waals surface area contributed by atoms with Crippen molar-refractivity contribution in [3.63, 3.8) is 0 Å². The summed E-state index contributed by atoms with van der Waals surface area (Å²) < 4.78 is 0. The minimum Gasteiger partial charge on any atom is -0.508 e. The number of phenolic OH excluding ortho intramolecular Hbond substituents is 1. The van der Waals surface area contributed by atoms with Crippen LogP contribution in [0.15, 0.2) is 29.3 Å². The van der Waals surface area contributed by atoms with E-state index < -0.39 is 0 Å². The zero-order valence-corrected chi connectivity index (χ0v) is 16.7. The molecule has 0 aliphatic carbocycles. The Balaban J connectivity index is 1.89. The summed E-state index contributed by atoms with van der Waals surface area (Å²) in [5, 5.41) is 15.4. The smallest absolute Gasteiger partial charge is 0.246 e. The number of anilines is 1. The summed E-state index contributed by atoms with van der Waals surface area (Å²) in [4.78, 5) is 21.4. The molecule has 7 heteroatoms. The monoisotopic (exact) mass is 375 g/mol. The molecule has 1 amide bonds. The molecule has 1 aliphatic rings. The van der Waals surface area contributed by atoms with E-state index >= 15 is 0 Å². The normalized spacial score (nSPS) is 17.4. The van der Waals surface area contributed by atoms with Crippen molar-refractivity contribution in [2.75, 3.05) is 51.1 Å². The zero-order chi connectivity index (χ0) is 19.6. The summed E-state index contributed by atoms with van der Waals surface area (Å²) in [6, 6.07) is 6.42. The highest BCUT2D eigenvalue weighted by molar-refractivity contribution is 5.94. The van der Waals surface area contributed by atoms with E-state index in [-0.39, 0.29) is 18.2 Å². The summed E-state index contributed by atoms with van der Waals surface area (Å²) in [5.41, 5.74) is 0.651. The van der Waals surface area contributed by atoms with Crippen LogP contribution in [0.3, 0.4) is 0 Å². The van der Waals surface area contributed by atoms with Crippen LogP contribution in [-0.4, -0.2) is 72.6 Å². The Morgan fingerprint density at radius 2 is 1.96 bits per heavy atom. The van der Waals surface area contributed by atoms with Crippen LogP contribution in [0.1, 0.15) is 27.2 Å². The van der Waals surface area contributed by atoms with E-state index in [1.165, 1.54) is 0 Å². The molecule has 7 nitrogen and oxygen atoms in total. The van der Waals surface area contributed by atoms with Gasteiger partial charge in [0.2, 0.25) is 5.91 Å². The van der Waals surface area contributed by atoms with Crippen molar-refractivity contribution < 1.29 is 9.90 Å². The molecule has 150 valence electrons. The minimum absolute atomic E-state index is 0.0699. The van der Waals surface area contributed by atoms with Crippen molar-refractivity contribution >= 4 is 17.6 Å². The number of hydrogen-bond acceptors (Lipinski definition) is 4. The maximum Gasteiger partial charge on any atom is 0.246 e. The lowest BCUT2D eigenvalue weighted by Gasteiger charge is -2.24. The molecule has 1 fully saturated rings. The molecule has 1 saturated heterocycles. The Morgan fingerprint density at radius 3 is 2.59 bits per heavy atom.